The molecule has 10 aromatic carbocycles. The zero-order valence-corrected chi connectivity index (χ0v) is 33.1. The maximum absolute atomic E-state index is 2.44. The number of fused-ring (bicyclic) bond motifs is 7. The summed E-state index contributed by atoms with van der Waals surface area (Å²) in [5, 5.41) is 2.59. The molecule has 0 amide bonds. The topological polar surface area (TPSA) is 0 Å². The van der Waals surface area contributed by atoms with Crippen molar-refractivity contribution in [2.45, 2.75) is 12.3 Å². The Morgan fingerprint density at radius 1 is 0.283 bits per heavy atom. The molecule has 280 valence electrons. The van der Waals surface area contributed by atoms with Crippen LogP contribution in [0.2, 0.25) is 0 Å². The first-order valence-electron chi connectivity index (χ1n) is 21.1. The van der Waals surface area contributed by atoms with Gasteiger partial charge in [-0.05, 0) is 153 Å². The van der Waals surface area contributed by atoms with Gasteiger partial charge in [-0.1, -0.05) is 194 Å². The van der Waals surface area contributed by atoms with Crippen molar-refractivity contribution in [3.63, 3.8) is 0 Å². The van der Waals surface area contributed by atoms with Crippen molar-refractivity contribution in [2.75, 3.05) is 0 Å². The van der Waals surface area contributed by atoms with Crippen molar-refractivity contribution < 1.29 is 0 Å². The molecule has 1 atom stereocenters. The largest absolute Gasteiger partial charge is 0.0622 e. The predicted octanol–water partition coefficient (Wildman–Crippen LogP) is 15.9. The minimum absolute atomic E-state index is 0.192. The summed E-state index contributed by atoms with van der Waals surface area (Å²) in [4.78, 5) is 0. The van der Waals surface area contributed by atoms with Crippen molar-refractivity contribution in [1.29, 1.82) is 0 Å². The minimum Gasteiger partial charge on any atom is -0.0622 e. The summed E-state index contributed by atoms with van der Waals surface area (Å²) in [6.07, 6.45) is 0.998. The van der Waals surface area contributed by atoms with Gasteiger partial charge in [-0.15, -0.1) is 0 Å². The van der Waals surface area contributed by atoms with Crippen molar-refractivity contribution in [3.8, 4) is 77.9 Å². The second kappa shape index (κ2) is 14.1. The van der Waals surface area contributed by atoms with E-state index in [4.69, 9.17) is 0 Å². The van der Waals surface area contributed by atoms with Gasteiger partial charge in [0.25, 0.3) is 0 Å². The summed E-state index contributed by atoms with van der Waals surface area (Å²) in [5.74, 6) is 0.192. The number of benzene rings is 10. The monoisotopic (exact) mass is 760 g/mol. The van der Waals surface area contributed by atoms with E-state index in [0.29, 0.717) is 0 Å². The quantitative estimate of drug-likeness (QED) is 0.158. The molecule has 0 aliphatic heterocycles. The standard InChI is InChI=1S/C60H40/c1-3-14-39(15-4-1)40-28-30-41(31-29-40)47-35-48(37-49(36-47)53-26-13-27-56-59(42-16-5-2-6-17-42)54-23-9-10-24-55(54)60(53)56)43-19-11-20-45(32-43)52-25-12-21-46-34-50-33-44-18-7-8-22-51(44)58(50)38-57(46)52/h1-32,34-38,59H,33H2. The Labute approximate surface area is 351 Å². The van der Waals surface area contributed by atoms with Gasteiger partial charge in [0.15, 0.2) is 0 Å². The molecular formula is C60H40. The number of hydrogen-bond donors (Lipinski definition) is 0. The molecule has 0 heteroatoms. The van der Waals surface area contributed by atoms with Gasteiger partial charge in [-0.3, -0.25) is 0 Å². The molecule has 2 aliphatic rings. The first kappa shape index (κ1) is 34.5. The van der Waals surface area contributed by atoms with Gasteiger partial charge in [0.05, 0.1) is 0 Å². The van der Waals surface area contributed by atoms with Gasteiger partial charge >= 0.3 is 0 Å². The number of hydrogen-bond acceptors (Lipinski definition) is 0. The molecule has 2 aliphatic carbocycles. The molecule has 0 radical (unpaired) electrons. The Balaban J connectivity index is 1.03. The lowest BCUT2D eigenvalue weighted by Gasteiger charge is -2.17. The highest BCUT2D eigenvalue weighted by Gasteiger charge is 2.31. The summed E-state index contributed by atoms with van der Waals surface area (Å²) in [6.45, 7) is 0. The molecule has 0 nitrogen and oxygen atoms in total. The van der Waals surface area contributed by atoms with Crippen LogP contribution in [-0.4, -0.2) is 0 Å². The van der Waals surface area contributed by atoms with Crippen molar-refractivity contribution in [2.24, 2.45) is 0 Å². The molecule has 0 aromatic heterocycles. The van der Waals surface area contributed by atoms with Gasteiger partial charge in [0.2, 0.25) is 0 Å². The van der Waals surface area contributed by atoms with E-state index in [1.54, 1.807) is 0 Å². The average molecular weight is 761 g/mol. The van der Waals surface area contributed by atoms with Crippen molar-refractivity contribution >= 4 is 10.8 Å². The highest BCUT2D eigenvalue weighted by Crippen LogP contribution is 2.52. The Hall–Kier alpha value is -7.54. The smallest absolute Gasteiger partial charge is 0.0352 e. The molecule has 10 aromatic rings. The van der Waals surface area contributed by atoms with Gasteiger partial charge in [-0.25, -0.2) is 0 Å². The summed E-state index contributed by atoms with van der Waals surface area (Å²) in [7, 11) is 0. The van der Waals surface area contributed by atoms with E-state index in [1.165, 1.54) is 116 Å². The predicted molar refractivity (Wildman–Crippen MR) is 252 cm³/mol. The molecule has 0 N–H and O–H groups in total. The third-order valence-electron chi connectivity index (χ3n) is 13.0. The molecule has 0 fully saturated rings. The summed E-state index contributed by atoms with van der Waals surface area (Å²) >= 11 is 0. The second-order valence-electron chi connectivity index (χ2n) is 16.4. The molecule has 0 saturated carbocycles. The lowest BCUT2D eigenvalue weighted by molar-refractivity contribution is 1.02. The highest BCUT2D eigenvalue weighted by molar-refractivity contribution is 6.02. The molecule has 1 unspecified atom stereocenters. The molecular weight excluding hydrogens is 721 g/mol. The first-order chi connectivity index (χ1) is 29.7. The van der Waals surface area contributed by atoms with Crippen LogP contribution in [0.15, 0.2) is 224 Å². The van der Waals surface area contributed by atoms with Gasteiger partial charge < -0.3 is 0 Å². The fourth-order valence-electron chi connectivity index (χ4n) is 10.1. The van der Waals surface area contributed by atoms with Crippen molar-refractivity contribution in [3.05, 3.63) is 252 Å². The van der Waals surface area contributed by atoms with Crippen LogP contribution >= 0.6 is 0 Å². The molecule has 0 bridgehead atoms. The van der Waals surface area contributed by atoms with E-state index < -0.39 is 0 Å². The second-order valence-corrected chi connectivity index (χ2v) is 16.4. The lowest BCUT2D eigenvalue weighted by atomic mass is 9.87. The van der Waals surface area contributed by atoms with Crippen LogP contribution in [0.25, 0.3) is 88.7 Å². The Morgan fingerprint density at radius 2 is 0.833 bits per heavy atom. The Morgan fingerprint density at radius 3 is 1.67 bits per heavy atom. The van der Waals surface area contributed by atoms with E-state index in [1.807, 2.05) is 0 Å². The highest BCUT2D eigenvalue weighted by atomic mass is 14.3. The summed E-state index contributed by atoms with van der Waals surface area (Å²) in [5.41, 5.74) is 24.5. The lowest BCUT2D eigenvalue weighted by Crippen LogP contribution is -1.98. The molecule has 0 spiro atoms. The molecule has 0 heterocycles. The molecule has 0 saturated heterocycles. The zero-order valence-electron chi connectivity index (χ0n) is 33.1. The van der Waals surface area contributed by atoms with E-state index in [9.17, 15) is 0 Å². The van der Waals surface area contributed by atoms with Gasteiger partial charge in [-0.2, -0.15) is 0 Å². The van der Waals surface area contributed by atoms with E-state index >= 15 is 0 Å². The summed E-state index contributed by atoms with van der Waals surface area (Å²) in [6, 6.07) is 83.5. The van der Waals surface area contributed by atoms with Crippen LogP contribution in [0.5, 0.6) is 0 Å². The zero-order chi connectivity index (χ0) is 39.6. The normalized spacial score (nSPS) is 13.4. The van der Waals surface area contributed by atoms with Gasteiger partial charge in [0.1, 0.15) is 0 Å². The maximum atomic E-state index is 2.44. The van der Waals surface area contributed by atoms with E-state index in [2.05, 4.69) is 224 Å². The maximum Gasteiger partial charge on any atom is 0.0352 e. The fourth-order valence-corrected chi connectivity index (χ4v) is 10.1. The molecule has 60 heavy (non-hydrogen) atoms. The van der Waals surface area contributed by atoms with E-state index in [0.717, 1.165) is 6.42 Å². The average Bonchev–Trinajstić information content (AvgIpc) is 3.86. The van der Waals surface area contributed by atoms with Crippen LogP contribution in [-0.2, 0) is 6.42 Å². The Bertz CT molecular complexity index is 3260. The van der Waals surface area contributed by atoms with Crippen LogP contribution in [0, 0.1) is 0 Å². The van der Waals surface area contributed by atoms with Crippen LogP contribution in [0.4, 0.5) is 0 Å². The first-order valence-corrected chi connectivity index (χ1v) is 21.1. The summed E-state index contributed by atoms with van der Waals surface area (Å²) < 4.78 is 0. The van der Waals surface area contributed by atoms with Crippen LogP contribution < -0.4 is 0 Å². The minimum atomic E-state index is 0.192. The SMILES string of the molecule is c1ccc(-c2ccc(-c3cc(-c4cccc(-c5cccc6cc7c(cc56)-c5ccccc5C7)c4)cc(-c4cccc5c4-c4ccccc4C5c4ccccc4)c3)cc2)cc1. The Kier molecular flexibility index (Phi) is 8.10. The third-order valence-corrected chi connectivity index (χ3v) is 13.0. The molecule has 12 rings (SSSR count). The fraction of sp³-hybridized carbons (Fsp3) is 0.0333. The van der Waals surface area contributed by atoms with Crippen LogP contribution in [0.1, 0.15) is 33.7 Å². The van der Waals surface area contributed by atoms with E-state index in [-0.39, 0.29) is 5.92 Å². The van der Waals surface area contributed by atoms with Crippen molar-refractivity contribution in [1.82, 2.24) is 0 Å². The third kappa shape index (κ3) is 5.75. The van der Waals surface area contributed by atoms with Gasteiger partial charge in [0, 0.05) is 5.92 Å². The van der Waals surface area contributed by atoms with Crippen LogP contribution in [0.3, 0.4) is 0 Å². The number of rotatable bonds is 6.